The largest absolute Gasteiger partial charge is 0.326 e. The number of anilines is 1. The second kappa shape index (κ2) is 6.24. The summed E-state index contributed by atoms with van der Waals surface area (Å²) in [7, 11) is 1.62. The van der Waals surface area contributed by atoms with Gasteiger partial charge in [-0.05, 0) is 42.3 Å². The van der Waals surface area contributed by atoms with Crippen LogP contribution in [0.2, 0.25) is 5.02 Å². The molecule has 2 aromatic rings. The highest BCUT2D eigenvalue weighted by atomic mass is 35.5. The molecule has 21 heavy (non-hydrogen) atoms. The molecule has 0 saturated carbocycles. The van der Waals surface area contributed by atoms with Gasteiger partial charge in [0.2, 0.25) is 0 Å². The van der Waals surface area contributed by atoms with Crippen molar-refractivity contribution >= 4 is 23.2 Å². The Bertz CT molecular complexity index is 671. The van der Waals surface area contributed by atoms with E-state index in [0.29, 0.717) is 17.8 Å². The van der Waals surface area contributed by atoms with Crippen molar-refractivity contribution in [2.75, 3.05) is 11.9 Å². The maximum atomic E-state index is 13.6. The first kappa shape index (κ1) is 15.5. The lowest BCUT2D eigenvalue weighted by molar-refractivity contribution is 0.0992. The highest BCUT2D eigenvalue weighted by molar-refractivity contribution is 6.34. The van der Waals surface area contributed by atoms with Crippen LogP contribution in [0.1, 0.15) is 21.5 Å². The molecule has 110 valence electrons. The standard InChI is InChI=1S/C16H16ClFN2O/c1-10-7-14(17)13(8-15(10)18)16(21)20(2)12-5-3-11(9-19)4-6-12/h3-8H,9,19H2,1-2H3. The molecule has 5 heteroatoms. The van der Waals surface area contributed by atoms with Crippen LogP contribution in [-0.2, 0) is 6.54 Å². The molecule has 0 spiro atoms. The van der Waals surface area contributed by atoms with Gasteiger partial charge in [-0.2, -0.15) is 0 Å². The minimum absolute atomic E-state index is 0.144. The molecule has 0 atom stereocenters. The van der Waals surface area contributed by atoms with Crippen LogP contribution in [0.3, 0.4) is 0 Å². The van der Waals surface area contributed by atoms with Crippen LogP contribution in [0.25, 0.3) is 0 Å². The fourth-order valence-corrected chi connectivity index (χ4v) is 2.26. The monoisotopic (exact) mass is 306 g/mol. The predicted molar refractivity (Wildman–Crippen MR) is 83.2 cm³/mol. The average Bonchev–Trinajstić information content (AvgIpc) is 2.49. The number of amides is 1. The first-order valence-corrected chi connectivity index (χ1v) is 6.84. The van der Waals surface area contributed by atoms with Crippen molar-refractivity contribution in [1.82, 2.24) is 0 Å². The molecule has 2 N–H and O–H groups in total. The minimum atomic E-state index is -0.449. The van der Waals surface area contributed by atoms with E-state index >= 15 is 0 Å². The average molecular weight is 307 g/mol. The Morgan fingerprint density at radius 1 is 1.29 bits per heavy atom. The fraction of sp³-hybridized carbons (Fsp3) is 0.188. The van der Waals surface area contributed by atoms with Gasteiger partial charge in [0.25, 0.3) is 5.91 Å². The topological polar surface area (TPSA) is 46.3 Å². The van der Waals surface area contributed by atoms with Crippen LogP contribution in [0.15, 0.2) is 36.4 Å². The summed E-state index contributed by atoms with van der Waals surface area (Å²) in [5, 5.41) is 0.240. The Morgan fingerprint density at radius 2 is 1.90 bits per heavy atom. The summed E-state index contributed by atoms with van der Waals surface area (Å²) >= 11 is 6.04. The number of nitrogens with two attached hydrogens (primary N) is 1. The molecule has 0 unspecified atom stereocenters. The maximum absolute atomic E-state index is 13.6. The molecule has 0 saturated heterocycles. The van der Waals surface area contributed by atoms with Gasteiger partial charge in [0, 0.05) is 19.3 Å². The summed E-state index contributed by atoms with van der Waals surface area (Å²) in [6.45, 7) is 2.04. The smallest absolute Gasteiger partial charge is 0.259 e. The number of rotatable bonds is 3. The van der Waals surface area contributed by atoms with Crippen molar-refractivity contribution < 1.29 is 9.18 Å². The summed E-state index contributed by atoms with van der Waals surface area (Å²) in [5.74, 6) is -0.811. The maximum Gasteiger partial charge on any atom is 0.259 e. The van der Waals surface area contributed by atoms with Crippen molar-refractivity contribution in [2.24, 2.45) is 5.73 Å². The Kier molecular flexibility index (Phi) is 4.60. The summed E-state index contributed by atoms with van der Waals surface area (Å²) in [6.07, 6.45) is 0. The summed E-state index contributed by atoms with van der Waals surface area (Å²) in [6, 6.07) is 9.89. The van der Waals surface area contributed by atoms with Gasteiger partial charge in [-0.15, -0.1) is 0 Å². The summed E-state index contributed by atoms with van der Waals surface area (Å²) < 4.78 is 13.6. The number of halogens is 2. The molecule has 2 rings (SSSR count). The van der Waals surface area contributed by atoms with Gasteiger partial charge < -0.3 is 10.6 Å². The molecule has 0 fully saturated rings. The third kappa shape index (κ3) is 3.23. The Morgan fingerprint density at radius 3 is 2.48 bits per heavy atom. The molecule has 3 nitrogen and oxygen atoms in total. The highest BCUT2D eigenvalue weighted by Crippen LogP contribution is 2.24. The Labute approximate surface area is 128 Å². The van der Waals surface area contributed by atoms with Crippen molar-refractivity contribution in [1.29, 1.82) is 0 Å². The van der Waals surface area contributed by atoms with Gasteiger partial charge >= 0.3 is 0 Å². The number of aryl methyl sites for hydroxylation is 1. The van der Waals surface area contributed by atoms with Crippen molar-refractivity contribution in [3.63, 3.8) is 0 Å². The third-order valence-electron chi connectivity index (χ3n) is 3.34. The molecule has 2 aromatic carbocycles. The van der Waals surface area contributed by atoms with Crippen molar-refractivity contribution in [2.45, 2.75) is 13.5 Å². The Balaban J connectivity index is 2.32. The summed E-state index contributed by atoms with van der Waals surface area (Å²) in [5.41, 5.74) is 7.75. The number of nitrogens with zero attached hydrogens (tertiary/aromatic N) is 1. The van der Waals surface area contributed by atoms with E-state index in [4.69, 9.17) is 17.3 Å². The van der Waals surface area contributed by atoms with E-state index in [2.05, 4.69) is 0 Å². The van der Waals surface area contributed by atoms with Gasteiger partial charge in [-0.25, -0.2) is 4.39 Å². The minimum Gasteiger partial charge on any atom is -0.326 e. The second-order valence-electron chi connectivity index (χ2n) is 4.82. The zero-order valence-electron chi connectivity index (χ0n) is 11.9. The van der Waals surface area contributed by atoms with Crippen molar-refractivity contribution in [3.8, 4) is 0 Å². The first-order valence-electron chi connectivity index (χ1n) is 6.46. The molecule has 0 aliphatic carbocycles. The fourth-order valence-electron chi connectivity index (χ4n) is 1.96. The molecule has 0 bridgehead atoms. The molecule has 0 heterocycles. The van der Waals surface area contributed by atoms with Crippen LogP contribution in [0, 0.1) is 12.7 Å². The van der Waals surface area contributed by atoms with Gasteiger partial charge in [0.05, 0.1) is 10.6 Å². The van der Waals surface area contributed by atoms with Gasteiger partial charge in [-0.3, -0.25) is 4.79 Å². The predicted octanol–water partition coefficient (Wildman–Crippen LogP) is 3.52. The van der Waals surface area contributed by atoms with E-state index in [1.54, 1.807) is 26.1 Å². The first-order chi connectivity index (χ1) is 9.93. The number of carbonyl (C=O) groups is 1. The normalized spacial score (nSPS) is 10.5. The lowest BCUT2D eigenvalue weighted by atomic mass is 10.1. The number of carbonyl (C=O) groups excluding carboxylic acids is 1. The number of hydrogen-bond donors (Lipinski definition) is 1. The second-order valence-corrected chi connectivity index (χ2v) is 5.22. The quantitative estimate of drug-likeness (QED) is 0.943. The molecular weight excluding hydrogens is 291 g/mol. The van der Waals surface area contributed by atoms with Crippen molar-refractivity contribution in [3.05, 3.63) is 63.9 Å². The molecule has 0 aliphatic rings. The molecular formula is C16H16ClFN2O. The van der Waals surface area contributed by atoms with E-state index in [1.807, 2.05) is 12.1 Å². The molecule has 0 aromatic heterocycles. The van der Waals surface area contributed by atoms with E-state index in [-0.39, 0.29) is 16.5 Å². The van der Waals surface area contributed by atoms with Crippen LogP contribution in [0.5, 0.6) is 0 Å². The zero-order valence-corrected chi connectivity index (χ0v) is 12.6. The van der Waals surface area contributed by atoms with Gasteiger partial charge in [0.15, 0.2) is 0 Å². The Hall–Kier alpha value is -1.91. The van der Waals surface area contributed by atoms with Gasteiger partial charge in [0.1, 0.15) is 5.82 Å². The van der Waals surface area contributed by atoms with Gasteiger partial charge in [-0.1, -0.05) is 23.7 Å². The number of hydrogen-bond acceptors (Lipinski definition) is 2. The van der Waals surface area contributed by atoms with E-state index in [0.717, 1.165) is 5.56 Å². The van der Waals surface area contributed by atoms with E-state index in [9.17, 15) is 9.18 Å². The molecule has 0 radical (unpaired) electrons. The van der Waals surface area contributed by atoms with Crippen LogP contribution in [0.4, 0.5) is 10.1 Å². The van der Waals surface area contributed by atoms with Crippen LogP contribution in [-0.4, -0.2) is 13.0 Å². The number of benzene rings is 2. The zero-order chi connectivity index (χ0) is 15.6. The lowest BCUT2D eigenvalue weighted by Crippen LogP contribution is -2.26. The summed E-state index contributed by atoms with van der Waals surface area (Å²) in [4.78, 5) is 13.9. The molecule has 1 amide bonds. The van der Waals surface area contributed by atoms with E-state index in [1.165, 1.54) is 17.0 Å². The van der Waals surface area contributed by atoms with Crippen LogP contribution >= 0.6 is 11.6 Å². The van der Waals surface area contributed by atoms with E-state index < -0.39 is 5.82 Å². The lowest BCUT2D eigenvalue weighted by Gasteiger charge is -2.18. The highest BCUT2D eigenvalue weighted by Gasteiger charge is 2.18. The SMILES string of the molecule is Cc1cc(Cl)c(C(=O)N(C)c2ccc(CN)cc2)cc1F. The van der Waals surface area contributed by atoms with Crippen LogP contribution < -0.4 is 10.6 Å². The molecule has 0 aliphatic heterocycles. The third-order valence-corrected chi connectivity index (χ3v) is 3.66.